The smallest absolute Gasteiger partial charge is 0.299 e. The normalized spacial score (nSPS) is 13.7. The first-order valence-electron chi connectivity index (χ1n) is 6.29. The highest BCUT2D eigenvalue weighted by Crippen LogP contribution is 2.31. The Morgan fingerprint density at radius 2 is 2.00 bits per heavy atom. The molecule has 0 fully saturated rings. The molecule has 1 aromatic heterocycles. The van der Waals surface area contributed by atoms with Crippen molar-refractivity contribution in [1.29, 1.82) is 0 Å². The molecule has 0 spiro atoms. The van der Waals surface area contributed by atoms with E-state index in [0.717, 1.165) is 4.47 Å². The summed E-state index contributed by atoms with van der Waals surface area (Å²) in [6.45, 7) is -0.142. The third kappa shape index (κ3) is 2.21. The number of halogens is 1. The molecule has 6 heteroatoms. The van der Waals surface area contributed by atoms with E-state index in [2.05, 4.69) is 15.9 Å². The van der Waals surface area contributed by atoms with Crippen LogP contribution in [0.5, 0.6) is 0 Å². The number of aryl methyl sites for hydroxylation is 1. The van der Waals surface area contributed by atoms with Crippen molar-refractivity contribution in [2.75, 3.05) is 11.4 Å². The van der Waals surface area contributed by atoms with Gasteiger partial charge in [-0.15, -0.1) is 0 Å². The lowest BCUT2D eigenvalue weighted by molar-refractivity contribution is -0.114. The van der Waals surface area contributed by atoms with Gasteiger partial charge in [0.05, 0.1) is 23.5 Å². The number of ketones is 2. The lowest BCUT2D eigenvalue weighted by Gasteiger charge is -2.15. The zero-order chi connectivity index (χ0) is 15.1. The summed E-state index contributed by atoms with van der Waals surface area (Å²) >= 11 is 3.27. The molecule has 0 saturated heterocycles. The van der Waals surface area contributed by atoms with Gasteiger partial charge in [0, 0.05) is 17.7 Å². The number of Topliss-reactive ketones (excluding diaryl/α,β-unsaturated/α-hetero) is 2. The molecule has 21 heavy (non-hydrogen) atoms. The molecule has 0 bridgehead atoms. The fourth-order valence-electron chi connectivity index (χ4n) is 2.41. The summed E-state index contributed by atoms with van der Waals surface area (Å²) < 4.78 is 2.41. The van der Waals surface area contributed by atoms with Crippen molar-refractivity contribution in [3.63, 3.8) is 0 Å². The van der Waals surface area contributed by atoms with Crippen LogP contribution in [0, 0.1) is 0 Å². The fourth-order valence-corrected chi connectivity index (χ4v) is 2.77. The number of hydrogen-bond donors (Lipinski definition) is 0. The lowest BCUT2D eigenvalue weighted by atomic mass is 10.1. The maximum absolute atomic E-state index is 12.3. The molecule has 0 saturated carbocycles. The second-order valence-corrected chi connectivity index (χ2v) is 5.73. The van der Waals surface area contributed by atoms with Gasteiger partial charge in [-0.3, -0.25) is 19.3 Å². The predicted molar refractivity (Wildman–Crippen MR) is 80.6 cm³/mol. The van der Waals surface area contributed by atoms with Crippen LogP contribution in [-0.2, 0) is 11.8 Å². The highest BCUT2D eigenvalue weighted by atomic mass is 79.9. The molecule has 3 rings (SSSR count). The van der Waals surface area contributed by atoms with Gasteiger partial charge in [0.1, 0.15) is 0 Å². The number of amides is 1. The number of aromatic nitrogens is 1. The first-order chi connectivity index (χ1) is 9.99. The number of rotatable bonds is 3. The minimum atomic E-state index is -0.661. The van der Waals surface area contributed by atoms with Crippen molar-refractivity contribution in [1.82, 2.24) is 4.57 Å². The van der Waals surface area contributed by atoms with E-state index in [4.69, 9.17) is 0 Å². The molecule has 2 heterocycles. The van der Waals surface area contributed by atoms with Gasteiger partial charge >= 0.3 is 0 Å². The van der Waals surface area contributed by atoms with Gasteiger partial charge < -0.3 is 4.57 Å². The van der Waals surface area contributed by atoms with Gasteiger partial charge in [-0.05, 0) is 30.3 Å². The third-order valence-corrected chi connectivity index (χ3v) is 3.96. The summed E-state index contributed by atoms with van der Waals surface area (Å²) in [6, 6.07) is 8.45. The van der Waals surface area contributed by atoms with Crippen molar-refractivity contribution in [2.24, 2.45) is 7.05 Å². The molecule has 106 valence electrons. The zero-order valence-electron chi connectivity index (χ0n) is 11.2. The van der Waals surface area contributed by atoms with Crippen molar-refractivity contribution >= 4 is 39.1 Å². The molecule has 5 nitrogen and oxygen atoms in total. The average Bonchev–Trinajstić information content (AvgIpc) is 2.97. The Balaban J connectivity index is 1.94. The standard InChI is InChI=1S/C15H11BrN2O3/c1-17-6-2-3-12(17)13(19)8-18-11-5-4-9(16)7-10(11)14(20)15(18)21/h2-7H,8H2,1H3. The van der Waals surface area contributed by atoms with Crippen molar-refractivity contribution in [3.05, 3.63) is 52.3 Å². The molecule has 1 amide bonds. The van der Waals surface area contributed by atoms with Gasteiger partial charge in [0.15, 0.2) is 5.78 Å². The monoisotopic (exact) mass is 346 g/mol. The average molecular weight is 347 g/mol. The summed E-state index contributed by atoms with van der Waals surface area (Å²) in [4.78, 5) is 37.5. The molecule has 0 N–H and O–H groups in total. The topological polar surface area (TPSA) is 59.4 Å². The number of benzene rings is 1. The number of hydrogen-bond acceptors (Lipinski definition) is 3. The van der Waals surface area contributed by atoms with Gasteiger partial charge in [0.25, 0.3) is 11.7 Å². The van der Waals surface area contributed by atoms with Crippen molar-refractivity contribution in [3.8, 4) is 0 Å². The molecule has 0 aliphatic carbocycles. The van der Waals surface area contributed by atoms with Crippen molar-refractivity contribution in [2.45, 2.75) is 0 Å². The zero-order valence-corrected chi connectivity index (χ0v) is 12.8. The molecule has 1 aliphatic rings. The number of carbonyl (C=O) groups is 3. The largest absolute Gasteiger partial charge is 0.348 e. The molecule has 1 aromatic carbocycles. The summed E-state index contributed by atoms with van der Waals surface area (Å²) in [5.74, 6) is -1.45. The Bertz CT molecular complexity index is 779. The molecule has 1 aliphatic heterocycles. The number of carbonyl (C=O) groups excluding carboxylic acids is 3. The summed E-state index contributed by atoms with van der Waals surface area (Å²) in [7, 11) is 1.76. The Hall–Kier alpha value is -2.21. The quantitative estimate of drug-likeness (QED) is 0.632. The van der Waals surface area contributed by atoms with Crippen molar-refractivity contribution < 1.29 is 14.4 Å². The Kier molecular flexibility index (Phi) is 3.25. The Morgan fingerprint density at radius 3 is 2.67 bits per heavy atom. The number of fused-ring (bicyclic) bond motifs is 1. The minimum Gasteiger partial charge on any atom is -0.348 e. The first kappa shape index (κ1) is 13.8. The van der Waals surface area contributed by atoms with E-state index < -0.39 is 11.7 Å². The maximum atomic E-state index is 12.3. The van der Waals surface area contributed by atoms with E-state index in [1.54, 1.807) is 48.1 Å². The van der Waals surface area contributed by atoms with Gasteiger partial charge in [-0.1, -0.05) is 15.9 Å². The molecule has 0 radical (unpaired) electrons. The van der Waals surface area contributed by atoms with Crippen LogP contribution in [0.15, 0.2) is 41.0 Å². The van der Waals surface area contributed by atoms with E-state index in [1.807, 2.05) is 0 Å². The second kappa shape index (κ2) is 4.96. The second-order valence-electron chi connectivity index (χ2n) is 4.81. The SMILES string of the molecule is Cn1cccc1C(=O)CN1C(=O)C(=O)c2cc(Br)ccc21. The fraction of sp³-hybridized carbons (Fsp3) is 0.133. The third-order valence-electron chi connectivity index (χ3n) is 3.46. The Morgan fingerprint density at radius 1 is 1.24 bits per heavy atom. The maximum Gasteiger partial charge on any atom is 0.299 e. The van der Waals surface area contributed by atoms with Crippen LogP contribution in [0.4, 0.5) is 5.69 Å². The Labute approximate surface area is 129 Å². The van der Waals surface area contributed by atoms with E-state index in [0.29, 0.717) is 16.9 Å². The van der Waals surface area contributed by atoms with E-state index in [1.165, 1.54) is 4.90 Å². The number of nitrogens with zero attached hydrogens (tertiary/aromatic N) is 2. The first-order valence-corrected chi connectivity index (χ1v) is 7.08. The van der Waals surface area contributed by atoms with Gasteiger partial charge in [0.2, 0.25) is 0 Å². The van der Waals surface area contributed by atoms with E-state index >= 15 is 0 Å². The van der Waals surface area contributed by atoms with E-state index in [9.17, 15) is 14.4 Å². The van der Waals surface area contributed by atoms with Crippen LogP contribution in [0.1, 0.15) is 20.8 Å². The predicted octanol–water partition coefficient (Wildman–Crippen LogP) is 2.20. The van der Waals surface area contributed by atoms with Gasteiger partial charge in [-0.25, -0.2) is 0 Å². The van der Waals surface area contributed by atoms with Crippen LogP contribution in [-0.4, -0.2) is 28.6 Å². The van der Waals surface area contributed by atoms with Crippen LogP contribution in [0.3, 0.4) is 0 Å². The highest BCUT2D eigenvalue weighted by molar-refractivity contribution is 9.10. The molecule has 0 unspecified atom stereocenters. The molecule has 2 aromatic rings. The molecule has 0 atom stereocenters. The van der Waals surface area contributed by atoms with Crippen LogP contribution in [0.25, 0.3) is 0 Å². The summed E-state index contributed by atoms with van der Waals surface area (Å²) in [6.07, 6.45) is 1.76. The van der Waals surface area contributed by atoms with Crippen LogP contribution < -0.4 is 4.90 Å². The summed E-state index contributed by atoms with van der Waals surface area (Å²) in [5, 5.41) is 0. The highest BCUT2D eigenvalue weighted by Gasteiger charge is 2.37. The summed E-state index contributed by atoms with van der Waals surface area (Å²) in [5.41, 5.74) is 1.31. The molecular formula is C15H11BrN2O3. The lowest BCUT2D eigenvalue weighted by Crippen LogP contribution is -2.35. The van der Waals surface area contributed by atoms with Gasteiger partial charge in [-0.2, -0.15) is 0 Å². The van der Waals surface area contributed by atoms with E-state index in [-0.39, 0.29) is 12.3 Å². The van der Waals surface area contributed by atoms with Crippen LogP contribution in [0.2, 0.25) is 0 Å². The minimum absolute atomic E-state index is 0.142. The van der Waals surface area contributed by atoms with Crippen LogP contribution >= 0.6 is 15.9 Å². The number of anilines is 1. The molecular weight excluding hydrogens is 336 g/mol.